The molecule has 1 aromatic carbocycles. The maximum atomic E-state index is 12.6. The molecule has 1 N–H and O–H groups in total. The molecule has 3 aromatic rings. The zero-order valence-corrected chi connectivity index (χ0v) is 19.8. The second kappa shape index (κ2) is 9.15. The highest BCUT2D eigenvalue weighted by atomic mass is 16.6. The fraction of sp³-hybridized carbons (Fsp3) is 0.360. The molecule has 2 aromatic heterocycles. The first-order valence-electron chi connectivity index (χ1n) is 11.9. The topological polar surface area (TPSA) is 109 Å². The molecule has 0 spiro atoms. The lowest BCUT2D eigenvalue weighted by Gasteiger charge is -2.36. The van der Waals surface area contributed by atoms with Crippen molar-refractivity contribution in [2.75, 3.05) is 68.1 Å². The van der Waals surface area contributed by atoms with Gasteiger partial charge in [-0.15, -0.1) is 0 Å². The standard InChI is InChI=1S/C25H26N6O5/c1-34-23-5-3-18-24(28-23)20(6-7-26-18)30-10-8-29(9-11-30)13-17-14-31(25(33)36-17)16-2-4-21-19(12-16)27-22(32)15-35-21/h2-7,12,17H,8-11,13-15H2,1H3,(H,27,32)/t17-/m1/s1. The van der Waals surface area contributed by atoms with E-state index in [2.05, 4.69) is 25.1 Å². The van der Waals surface area contributed by atoms with Crippen molar-refractivity contribution in [1.82, 2.24) is 14.9 Å². The lowest BCUT2D eigenvalue weighted by Crippen LogP contribution is -2.49. The fourth-order valence-corrected chi connectivity index (χ4v) is 4.89. The van der Waals surface area contributed by atoms with E-state index < -0.39 is 0 Å². The van der Waals surface area contributed by atoms with Crippen LogP contribution in [0.15, 0.2) is 42.6 Å². The maximum Gasteiger partial charge on any atom is 0.414 e. The average molecular weight is 491 g/mol. The molecule has 1 atom stereocenters. The molecule has 0 aliphatic carbocycles. The van der Waals surface area contributed by atoms with Crippen LogP contribution in [0.5, 0.6) is 11.6 Å². The van der Waals surface area contributed by atoms with E-state index in [1.807, 2.05) is 24.4 Å². The number of rotatable bonds is 5. The zero-order valence-electron chi connectivity index (χ0n) is 19.8. The number of piperazine rings is 1. The van der Waals surface area contributed by atoms with E-state index in [9.17, 15) is 9.59 Å². The molecule has 0 saturated carbocycles. The number of fused-ring (bicyclic) bond motifs is 2. The van der Waals surface area contributed by atoms with Gasteiger partial charge in [0.25, 0.3) is 5.91 Å². The number of hydrogen-bond acceptors (Lipinski definition) is 9. The van der Waals surface area contributed by atoms with Crippen LogP contribution in [-0.2, 0) is 9.53 Å². The highest BCUT2D eigenvalue weighted by Gasteiger charge is 2.35. The van der Waals surface area contributed by atoms with Crippen LogP contribution in [0.2, 0.25) is 0 Å². The number of hydrogen-bond donors (Lipinski definition) is 1. The van der Waals surface area contributed by atoms with Crippen molar-refractivity contribution >= 4 is 40.1 Å². The number of pyridine rings is 2. The van der Waals surface area contributed by atoms with Gasteiger partial charge in [0.1, 0.15) is 17.4 Å². The molecule has 0 unspecified atom stereocenters. The molecule has 2 saturated heterocycles. The Morgan fingerprint density at radius 2 is 1.97 bits per heavy atom. The molecule has 0 radical (unpaired) electrons. The summed E-state index contributed by atoms with van der Waals surface area (Å²) in [7, 11) is 1.61. The monoisotopic (exact) mass is 490 g/mol. The Morgan fingerprint density at radius 3 is 2.81 bits per heavy atom. The number of nitrogens with zero attached hydrogens (tertiary/aromatic N) is 5. The summed E-state index contributed by atoms with van der Waals surface area (Å²) in [6, 6.07) is 11.0. The number of carbonyl (C=O) groups is 2. The number of benzene rings is 1. The summed E-state index contributed by atoms with van der Waals surface area (Å²) in [5.41, 5.74) is 3.94. The van der Waals surface area contributed by atoms with Crippen molar-refractivity contribution in [3.63, 3.8) is 0 Å². The third kappa shape index (κ3) is 4.22. The van der Waals surface area contributed by atoms with Gasteiger partial charge in [0, 0.05) is 50.7 Å². The summed E-state index contributed by atoms with van der Waals surface area (Å²) >= 11 is 0. The number of amides is 2. The van der Waals surface area contributed by atoms with E-state index in [4.69, 9.17) is 14.2 Å². The molecule has 3 aliphatic heterocycles. The molecule has 5 heterocycles. The van der Waals surface area contributed by atoms with E-state index >= 15 is 0 Å². The minimum absolute atomic E-state index is 0.00443. The number of aromatic nitrogens is 2. The van der Waals surface area contributed by atoms with Gasteiger partial charge in [-0.2, -0.15) is 0 Å². The Balaban J connectivity index is 1.08. The molecule has 6 rings (SSSR count). The van der Waals surface area contributed by atoms with Crippen molar-refractivity contribution < 1.29 is 23.8 Å². The highest BCUT2D eigenvalue weighted by molar-refractivity contribution is 5.97. The van der Waals surface area contributed by atoms with Crippen molar-refractivity contribution in [3.05, 3.63) is 42.6 Å². The van der Waals surface area contributed by atoms with Gasteiger partial charge in [-0.3, -0.25) is 19.6 Å². The summed E-state index contributed by atoms with van der Waals surface area (Å²) in [6.07, 6.45) is 1.19. The third-order valence-corrected chi connectivity index (χ3v) is 6.70. The van der Waals surface area contributed by atoms with Crippen molar-refractivity contribution in [1.29, 1.82) is 0 Å². The van der Waals surface area contributed by atoms with Crippen molar-refractivity contribution in [2.24, 2.45) is 0 Å². The lowest BCUT2D eigenvalue weighted by atomic mass is 10.2. The Bertz CT molecular complexity index is 1330. The van der Waals surface area contributed by atoms with Crippen molar-refractivity contribution in [2.45, 2.75) is 6.10 Å². The largest absolute Gasteiger partial charge is 0.482 e. The summed E-state index contributed by atoms with van der Waals surface area (Å²) in [5, 5.41) is 2.78. The normalized spacial score (nSPS) is 20.1. The van der Waals surface area contributed by atoms with Crippen LogP contribution in [0.25, 0.3) is 11.0 Å². The molecule has 186 valence electrons. The minimum atomic E-state index is -0.384. The Hall–Kier alpha value is -4.12. The second-order valence-corrected chi connectivity index (χ2v) is 8.97. The Morgan fingerprint density at radius 1 is 1.11 bits per heavy atom. The van der Waals surface area contributed by atoms with Gasteiger partial charge in [-0.1, -0.05) is 0 Å². The zero-order chi connectivity index (χ0) is 24.6. The van der Waals surface area contributed by atoms with Crippen LogP contribution < -0.4 is 24.6 Å². The van der Waals surface area contributed by atoms with Gasteiger partial charge in [0.15, 0.2) is 6.61 Å². The molecule has 11 heteroatoms. The fourth-order valence-electron chi connectivity index (χ4n) is 4.89. The van der Waals surface area contributed by atoms with Crippen LogP contribution in [-0.4, -0.2) is 86.0 Å². The van der Waals surface area contributed by atoms with Gasteiger partial charge < -0.3 is 24.4 Å². The second-order valence-electron chi connectivity index (χ2n) is 8.97. The average Bonchev–Trinajstić information content (AvgIpc) is 3.27. The van der Waals surface area contributed by atoms with E-state index in [-0.39, 0.29) is 24.7 Å². The SMILES string of the molecule is COc1ccc2nccc(N3CCN(C[C@@H]4CN(c5ccc6c(c5)NC(=O)CO6)C(=O)O4)CC3)c2n1. The third-order valence-electron chi connectivity index (χ3n) is 6.70. The number of nitrogens with one attached hydrogen (secondary N) is 1. The van der Waals surface area contributed by atoms with E-state index in [1.165, 1.54) is 0 Å². The summed E-state index contributed by atoms with van der Waals surface area (Å²) < 4.78 is 16.4. The number of carbonyl (C=O) groups excluding carboxylic acids is 2. The predicted octanol–water partition coefficient (Wildman–Crippen LogP) is 2.12. The quantitative estimate of drug-likeness (QED) is 0.575. The van der Waals surface area contributed by atoms with Gasteiger partial charge in [-0.25, -0.2) is 9.78 Å². The Labute approximate surface area is 207 Å². The maximum absolute atomic E-state index is 12.6. The first kappa shape index (κ1) is 22.4. The molecule has 3 aliphatic rings. The van der Waals surface area contributed by atoms with Crippen LogP contribution in [0.3, 0.4) is 0 Å². The van der Waals surface area contributed by atoms with Crippen LogP contribution in [0, 0.1) is 0 Å². The summed E-state index contributed by atoms with van der Waals surface area (Å²) in [5.74, 6) is 0.947. The molecule has 0 bridgehead atoms. The smallest absolute Gasteiger partial charge is 0.414 e. The minimum Gasteiger partial charge on any atom is -0.482 e. The summed E-state index contributed by atoms with van der Waals surface area (Å²) in [6.45, 7) is 4.43. The van der Waals surface area contributed by atoms with E-state index in [1.54, 1.807) is 30.2 Å². The van der Waals surface area contributed by atoms with Gasteiger partial charge >= 0.3 is 6.09 Å². The lowest BCUT2D eigenvalue weighted by molar-refractivity contribution is -0.118. The van der Waals surface area contributed by atoms with E-state index in [0.717, 1.165) is 42.9 Å². The molecular formula is C25H26N6O5. The van der Waals surface area contributed by atoms with Crippen LogP contribution in [0.1, 0.15) is 0 Å². The van der Waals surface area contributed by atoms with Crippen LogP contribution >= 0.6 is 0 Å². The highest BCUT2D eigenvalue weighted by Crippen LogP contribution is 2.34. The molecule has 2 fully saturated rings. The summed E-state index contributed by atoms with van der Waals surface area (Å²) in [4.78, 5) is 39.5. The first-order chi connectivity index (χ1) is 17.6. The Kier molecular flexibility index (Phi) is 5.68. The van der Waals surface area contributed by atoms with Gasteiger partial charge in [0.05, 0.1) is 30.5 Å². The van der Waals surface area contributed by atoms with Crippen molar-refractivity contribution in [3.8, 4) is 11.6 Å². The first-order valence-corrected chi connectivity index (χ1v) is 11.9. The van der Waals surface area contributed by atoms with Gasteiger partial charge in [-0.05, 0) is 30.3 Å². The molecule has 2 amide bonds. The number of cyclic esters (lactones) is 1. The molecule has 36 heavy (non-hydrogen) atoms. The number of anilines is 3. The molecular weight excluding hydrogens is 464 g/mol. The number of methoxy groups -OCH3 is 1. The van der Waals surface area contributed by atoms with Crippen LogP contribution in [0.4, 0.5) is 21.9 Å². The predicted molar refractivity (Wildman–Crippen MR) is 133 cm³/mol. The van der Waals surface area contributed by atoms with Gasteiger partial charge in [0.2, 0.25) is 5.88 Å². The van der Waals surface area contributed by atoms with E-state index in [0.29, 0.717) is 36.1 Å². The number of ether oxygens (including phenoxy) is 3. The molecule has 11 nitrogen and oxygen atoms in total.